The largest absolute Gasteiger partial charge is 0.453 e. The number of nitrogens with zero attached hydrogens (tertiary/aromatic N) is 6. The Bertz CT molecular complexity index is 1410. The van der Waals surface area contributed by atoms with Gasteiger partial charge in [0, 0.05) is 38.2 Å². The van der Waals surface area contributed by atoms with Crippen LogP contribution in [-0.2, 0) is 14.3 Å². The molecule has 1 aromatic carbocycles. The highest BCUT2D eigenvalue weighted by Crippen LogP contribution is 2.31. The van der Waals surface area contributed by atoms with Crippen molar-refractivity contribution in [3.63, 3.8) is 0 Å². The molecule has 0 aliphatic carbocycles. The van der Waals surface area contributed by atoms with E-state index in [0.717, 1.165) is 0 Å². The summed E-state index contributed by atoms with van der Waals surface area (Å²) in [6.07, 6.45) is -2.93. The number of methoxy groups -OCH3 is 1. The van der Waals surface area contributed by atoms with E-state index in [1.165, 1.54) is 17.7 Å². The second kappa shape index (κ2) is 11.8. The van der Waals surface area contributed by atoms with Crippen LogP contribution < -0.4 is 15.0 Å². The molecule has 0 bridgehead atoms. The molecular formula is C26H29F2N7O5. The molecule has 0 radical (unpaired) electrons. The maximum Gasteiger partial charge on any atom is 0.407 e. The van der Waals surface area contributed by atoms with Crippen LogP contribution in [-0.4, -0.2) is 89.5 Å². The van der Waals surface area contributed by atoms with Gasteiger partial charge in [0.1, 0.15) is 18.1 Å². The first-order valence-electron chi connectivity index (χ1n) is 12.8. The van der Waals surface area contributed by atoms with Gasteiger partial charge in [0.25, 0.3) is 6.43 Å². The number of anilines is 1. The number of imidazole rings is 1. The fourth-order valence-corrected chi connectivity index (χ4v) is 4.70. The number of hydrogen-bond donors (Lipinski definition) is 1. The normalized spacial score (nSPS) is 17.4. The Hall–Kier alpha value is -4.33. The van der Waals surface area contributed by atoms with Crippen molar-refractivity contribution in [3.05, 3.63) is 48.5 Å². The fraction of sp³-hybridized carbons (Fsp3) is 0.423. The lowest BCUT2D eigenvalue weighted by Crippen LogP contribution is -2.39. The zero-order valence-electron chi connectivity index (χ0n) is 21.9. The number of hydrogen-bond acceptors (Lipinski definition) is 9. The summed E-state index contributed by atoms with van der Waals surface area (Å²) >= 11 is 0. The summed E-state index contributed by atoms with van der Waals surface area (Å²) in [6.45, 7) is 6.68. The third kappa shape index (κ3) is 5.81. The van der Waals surface area contributed by atoms with Crippen LogP contribution in [0.2, 0.25) is 0 Å². The highest BCUT2D eigenvalue weighted by molar-refractivity contribution is 5.82. The number of para-hydroxylation sites is 2. The Morgan fingerprint density at radius 2 is 1.95 bits per heavy atom. The molecule has 212 valence electrons. The number of halogens is 2. The molecule has 14 heteroatoms. The second-order valence-electron chi connectivity index (χ2n) is 9.30. The van der Waals surface area contributed by atoms with Gasteiger partial charge < -0.3 is 29.3 Å². The van der Waals surface area contributed by atoms with Crippen molar-refractivity contribution in [1.29, 1.82) is 0 Å². The summed E-state index contributed by atoms with van der Waals surface area (Å²) in [5.74, 6) is 0.0939. The predicted molar refractivity (Wildman–Crippen MR) is 140 cm³/mol. The maximum atomic E-state index is 14.1. The van der Waals surface area contributed by atoms with Crippen molar-refractivity contribution >= 4 is 29.0 Å². The Morgan fingerprint density at radius 3 is 2.70 bits per heavy atom. The minimum absolute atomic E-state index is 0.131. The first kappa shape index (κ1) is 27.2. The average Bonchev–Trinajstić information content (AvgIpc) is 3.62. The SMILES string of the molecule is C=C(Oc1cc(-n2c(C(F)F)nc3ccccc32)nc(N2CCOCC2)n1)[C@H]1CCN(C(=O)CNC(=O)OC)C1. The molecule has 0 spiro atoms. The third-order valence-electron chi connectivity index (χ3n) is 6.78. The Kier molecular flexibility index (Phi) is 8.05. The van der Waals surface area contributed by atoms with E-state index in [4.69, 9.17) is 9.47 Å². The lowest BCUT2D eigenvalue weighted by atomic mass is 10.1. The molecule has 2 fully saturated rings. The molecule has 3 aromatic rings. The van der Waals surface area contributed by atoms with Crippen LogP contribution in [0.4, 0.5) is 19.5 Å². The van der Waals surface area contributed by atoms with Gasteiger partial charge in [0.05, 0.1) is 31.4 Å². The van der Waals surface area contributed by atoms with Gasteiger partial charge in [-0.25, -0.2) is 18.6 Å². The highest BCUT2D eigenvalue weighted by Gasteiger charge is 2.30. The monoisotopic (exact) mass is 557 g/mol. The quantitative estimate of drug-likeness (QED) is 0.417. The molecule has 4 heterocycles. The van der Waals surface area contributed by atoms with Crippen LogP contribution in [0.1, 0.15) is 18.7 Å². The minimum atomic E-state index is -2.84. The number of likely N-dealkylation sites (tertiary alicyclic amines) is 1. The molecule has 40 heavy (non-hydrogen) atoms. The van der Waals surface area contributed by atoms with Crippen molar-refractivity contribution in [2.24, 2.45) is 5.92 Å². The summed E-state index contributed by atoms with van der Waals surface area (Å²) in [7, 11) is 1.22. The molecule has 12 nitrogen and oxygen atoms in total. The van der Waals surface area contributed by atoms with Gasteiger partial charge in [0.2, 0.25) is 17.7 Å². The average molecular weight is 558 g/mol. The van der Waals surface area contributed by atoms with Crippen molar-refractivity contribution in [1.82, 2.24) is 29.7 Å². The van der Waals surface area contributed by atoms with E-state index in [-0.39, 0.29) is 30.1 Å². The van der Waals surface area contributed by atoms with Crippen LogP contribution in [0.25, 0.3) is 16.9 Å². The molecular weight excluding hydrogens is 528 g/mol. The van der Waals surface area contributed by atoms with Crippen molar-refractivity contribution in [2.45, 2.75) is 12.8 Å². The lowest BCUT2D eigenvalue weighted by molar-refractivity contribution is -0.129. The van der Waals surface area contributed by atoms with Gasteiger partial charge in [-0.3, -0.25) is 9.36 Å². The van der Waals surface area contributed by atoms with Crippen LogP contribution in [0, 0.1) is 5.92 Å². The number of carbonyl (C=O) groups excluding carboxylic acids is 2. The summed E-state index contributed by atoms with van der Waals surface area (Å²) in [5, 5.41) is 2.38. The van der Waals surface area contributed by atoms with E-state index in [2.05, 4.69) is 31.6 Å². The van der Waals surface area contributed by atoms with E-state index in [0.29, 0.717) is 68.6 Å². The first-order valence-corrected chi connectivity index (χ1v) is 12.8. The number of alkyl carbamates (subject to hydrolysis) is 1. The maximum absolute atomic E-state index is 14.1. The Labute approximate surface area is 228 Å². The van der Waals surface area contributed by atoms with Gasteiger partial charge in [-0.05, 0) is 18.6 Å². The molecule has 1 N–H and O–H groups in total. The first-order chi connectivity index (χ1) is 19.3. The molecule has 2 aromatic heterocycles. The number of alkyl halides is 2. The predicted octanol–water partition coefficient (Wildman–Crippen LogP) is 2.69. The van der Waals surface area contributed by atoms with Crippen LogP contribution in [0.3, 0.4) is 0 Å². The molecule has 0 saturated carbocycles. The number of ether oxygens (including phenoxy) is 3. The summed E-state index contributed by atoms with van der Waals surface area (Å²) < 4.78 is 45.5. The van der Waals surface area contributed by atoms with Crippen molar-refractivity contribution < 1.29 is 32.6 Å². The van der Waals surface area contributed by atoms with Crippen molar-refractivity contribution in [2.75, 3.05) is 57.9 Å². The van der Waals surface area contributed by atoms with Gasteiger partial charge >= 0.3 is 6.09 Å². The molecule has 0 unspecified atom stereocenters. The molecule has 5 rings (SSSR count). The lowest BCUT2D eigenvalue weighted by Gasteiger charge is -2.27. The van der Waals surface area contributed by atoms with Crippen molar-refractivity contribution in [3.8, 4) is 11.7 Å². The zero-order valence-corrected chi connectivity index (χ0v) is 21.9. The molecule has 1 atom stereocenters. The number of fused-ring (bicyclic) bond motifs is 1. The van der Waals surface area contributed by atoms with E-state index < -0.39 is 18.3 Å². The summed E-state index contributed by atoms with van der Waals surface area (Å²) in [6, 6.07) is 8.31. The van der Waals surface area contributed by atoms with Crippen LogP contribution in [0.15, 0.2) is 42.7 Å². The fourth-order valence-electron chi connectivity index (χ4n) is 4.70. The molecule has 2 aliphatic rings. The number of carbonyl (C=O) groups is 2. The number of amides is 2. The highest BCUT2D eigenvalue weighted by atomic mass is 19.3. The van der Waals surface area contributed by atoms with E-state index in [1.807, 2.05) is 4.90 Å². The number of rotatable bonds is 8. The second-order valence-corrected chi connectivity index (χ2v) is 9.30. The Morgan fingerprint density at radius 1 is 1.18 bits per heavy atom. The smallest absolute Gasteiger partial charge is 0.407 e. The Balaban J connectivity index is 1.41. The number of nitrogens with one attached hydrogen (secondary N) is 1. The number of morpholine rings is 1. The molecule has 2 saturated heterocycles. The molecule has 2 aliphatic heterocycles. The van der Waals surface area contributed by atoms with E-state index >= 15 is 0 Å². The van der Waals surface area contributed by atoms with Gasteiger partial charge in [0.15, 0.2) is 5.82 Å². The van der Waals surface area contributed by atoms with Gasteiger partial charge in [-0.2, -0.15) is 9.97 Å². The third-order valence-corrected chi connectivity index (χ3v) is 6.78. The summed E-state index contributed by atoms with van der Waals surface area (Å²) in [4.78, 5) is 40.5. The van der Waals surface area contributed by atoms with Gasteiger partial charge in [-0.1, -0.05) is 18.7 Å². The van der Waals surface area contributed by atoms with Crippen LogP contribution in [0.5, 0.6) is 5.88 Å². The molecule has 2 amide bonds. The summed E-state index contributed by atoms with van der Waals surface area (Å²) in [5.41, 5.74) is 0.883. The number of benzene rings is 1. The standard InChI is InChI=1S/C26H29F2N7O5/c1-16(17-7-8-34(15-17)22(36)14-29-26(37)38-2)40-21-13-20(31-25(32-21)33-9-11-39-12-10-33)35-19-6-4-3-5-18(19)30-24(35)23(27)28/h3-6,13,17,23H,1,7-12,14-15H2,2H3,(H,29,37)/t17-/m0/s1. The van der Waals surface area contributed by atoms with Gasteiger partial charge in [-0.15, -0.1) is 0 Å². The van der Waals surface area contributed by atoms with Crippen LogP contribution >= 0.6 is 0 Å². The zero-order chi connectivity index (χ0) is 28.2. The number of aromatic nitrogens is 4. The van der Waals surface area contributed by atoms with E-state index in [1.54, 1.807) is 29.2 Å². The topological polar surface area (TPSA) is 124 Å². The minimum Gasteiger partial charge on any atom is -0.453 e. The van der Waals surface area contributed by atoms with E-state index in [9.17, 15) is 18.4 Å².